The topological polar surface area (TPSA) is 62.5 Å². The van der Waals surface area contributed by atoms with Gasteiger partial charge in [0, 0.05) is 10.6 Å². The van der Waals surface area contributed by atoms with Crippen LogP contribution in [-0.4, -0.2) is 11.0 Å². The van der Waals surface area contributed by atoms with Crippen molar-refractivity contribution in [1.82, 2.24) is 0 Å². The first-order valence-electron chi connectivity index (χ1n) is 5.93. The van der Waals surface area contributed by atoms with Crippen molar-refractivity contribution in [2.24, 2.45) is 0 Å². The Hall–Kier alpha value is -1.78. The van der Waals surface area contributed by atoms with Crippen LogP contribution in [0.25, 0.3) is 0 Å². The number of furan rings is 1. The summed E-state index contributed by atoms with van der Waals surface area (Å²) < 4.78 is 5.20. The number of hydrogen-bond donors (Lipinski definition) is 2. The molecule has 0 aliphatic carbocycles. The highest BCUT2D eigenvalue weighted by Crippen LogP contribution is 2.41. The molecule has 19 heavy (non-hydrogen) atoms. The van der Waals surface area contributed by atoms with Crippen LogP contribution in [0.1, 0.15) is 35.8 Å². The van der Waals surface area contributed by atoms with Gasteiger partial charge in [-0.1, -0.05) is 11.6 Å². The van der Waals surface area contributed by atoms with Crippen LogP contribution >= 0.6 is 11.6 Å². The third-order valence-corrected chi connectivity index (χ3v) is 3.60. The van der Waals surface area contributed by atoms with E-state index in [4.69, 9.17) is 16.0 Å². The Labute approximate surface area is 115 Å². The van der Waals surface area contributed by atoms with Crippen LogP contribution in [0, 0.1) is 0 Å². The Balaban J connectivity index is 2.13. The van der Waals surface area contributed by atoms with E-state index in [0.29, 0.717) is 22.0 Å². The third-order valence-electron chi connectivity index (χ3n) is 3.38. The van der Waals surface area contributed by atoms with Gasteiger partial charge in [0.25, 0.3) is 0 Å². The molecular formula is C14H12ClNO3. The molecule has 1 aliphatic heterocycles. The number of aliphatic hydroxyl groups excluding tert-OH is 1. The molecule has 2 atom stereocenters. The molecule has 0 fully saturated rings. The second kappa shape index (κ2) is 4.40. The summed E-state index contributed by atoms with van der Waals surface area (Å²) in [6.45, 7) is 1.81. The number of halogens is 1. The predicted molar refractivity (Wildman–Crippen MR) is 71.3 cm³/mol. The fourth-order valence-corrected chi connectivity index (χ4v) is 2.56. The van der Waals surface area contributed by atoms with Crippen molar-refractivity contribution in [2.75, 3.05) is 5.32 Å². The molecule has 2 aromatic rings. The molecule has 0 radical (unpaired) electrons. The minimum atomic E-state index is -0.951. The summed E-state index contributed by atoms with van der Waals surface area (Å²) >= 11 is 6.07. The lowest BCUT2D eigenvalue weighted by atomic mass is 9.97. The van der Waals surface area contributed by atoms with Crippen molar-refractivity contribution in [3.05, 3.63) is 52.4 Å². The second-order valence-corrected chi connectivity index (χ2v) is 5.02. The first-order valence-corrected chi connectivity index (χ1v) is 6.31. The Morgan fingerprint density at radius 1 is 1.47 bits per heavy atom. The summed E-state index contributed by atoms with van der Waals surface area (Å²) in [6, 6.07) is 6.77. The molecule has 4 nitrogen and oxygen atoms in total. The van der Waals surface area contributed by atoms with Crippen LogP contribution in [0.3, 0.4) is 0 Å². The number of anilines is 1. The number of benzene rings is 1. The molecule has 2 unspecified atom stereocenters. The van der Waals surface area contributed by atoms with Gasteiger partial charge in [-0.3, -0.25) is 4.79 Å². The highest BCUT2D eigenvalue weighted by Gasteiger charge is 2.31. The van der Waals surface area contributed by atoms with Gasteiger partial charge in [-0.15, -0.1) is 0 Å². The lowest BCUT2D eigenvalue weighted by Crippen LogP contribution is -2.09. The minimum absolute atomic E-state index is 0.0924. The summed E-state index contributed by atoms with van der Waals surface area (Å²) in [7, 11) is 0. The van der Waals surface area contributed by atoms with Crippen molar-refractivity contribution >= 4 is 23.2 Å². The first kappa shape index (κ1) is 12.3. The molecule has 1 aromatic heterocycles. The predicted octanol–water partition coefficient (Wildman–Crippen LogP) is 3.07. The van der Waals surface area contributed by atoms with Gasteiger partial charge in [-0.25, -0.2) is 0 Å². The second-order valence-electron chi connectivity index (χ2n) is 4.59. The number of hydrogen-bond acceptors (Lipinski definition) is 3. The summed E-state index contributed by atoms with van der Waals surface area (Å²) in [5.41, 5.74) is 1.99. The molecule has 1 amide bonds. The summed E-state index contributed by atoms with van der Waals surface area (Å²) in [4.78, 5) is 11.7. The Morgan fingerprint density at radius 3 is 2.95 bits per heavy atom. The molecule has 2 heterocycles. The Kier molecular flexibility index (Phi) is 2.84. The quantitative estimate of drug-likeness (QED) is 0.887. The molecular weight excluding hydrogens is 266 g/mol. The highest BCUT2D eigenvalue weighted by atomic mass is 35.5. The lowest BCUT2D eigenvalue weighted by molar-refractivity contribution is -0.116. The molecule has 0 spiro atoms. The number of fused-ring (bicyclic) bond motifs is 1. The number of carbonyl (C=O) groups is 1. The standard InChI is InChI=1S/C14H12ClNO3/c1-7-9-5-8(15)6-10(12(9)16-14(7)18)13(17)11-3-2-4-19-11/h2-7,13,17H,1H3,(H,16,18). The van der Waals surface area contributed by atoms with E-state index in [2.05, 4.69) is 5.32 Å². The van der Waals surface area contributed by atoms with E-state index in [-0.39, 0.29) is 11.8 Å². The van der Waals surface area contributed by atoms with Gasteiger partial charge in [-0.05, 0) is 36.8 Å². The monoisotopic (exact) mass is 277 g/mol. The van der Waals surface area contributed by atoms with Gasteiger partial charge in [0.15, 0.2) is 0 Å². The van der Waals surface area contributed by atoms with Gasteiger partial charge < -0.3 is 14.8 Å². The molecule has 98 valence electrons. The zero-order valence-electron chi connectivity index (χ0n) is 10.2. The van der Waals surface area contributed by atoms with Crippen LogP contribution in [-0.2, 0) is 4.79 Å². The van der Waals surface area contributed by atoms with Gasteiger partial charge in [0.2, 0.25) is 5.91 Å². The van der Waals surface area contributed by atoms with E-state index in [1.54, 1.807) is 31.2 Å². The SMILES string of the molecule is CC1C(=O)Nc2c1cc(Cl)cc2C(O)c1ccco1. The minimum Gasteiger partial charge on any atom is -0.466 e. The first-order chi connectivity index (χ1) is 9.08. The van der Waals surface area contributed by atoms with Crippen molar-refractivity contribution in [3.8, 4) is 0 Å². The molecule has 3 rings (SSSR count). The largest absolute Gasteiger partial charge is 0.466 e. The normalized spacial score (nSPS) is 19.1. The van der Waals surface area contributed by atoms with Crippen molar-refractivity contribution in [1.29, 1.82) is 0 Å². The number of amides is 1. The van der Waals surface area contributed by atoms with Crippen molar-refractivity contribution < 1.29 is 14.3 Å². The summed E-state index contributed by atoms with van der Waals surface area (Å²) in [6.07, 6.45) is 0.540. The smallest absolute Gasteiger partial charge is 0.231 e. The number of rotatable bonds is 2. The van der Waals surface area contributed by atoms with Crippen LogP contribution in [0.4, 0.5) is 5.69 Å². The van der Waals surface area contributed by atoms with Crippen LogP contribution in [0.5, 0.6) is 0 Å². The van der Waals surface area contributed by atoms with Crippen LogP contribution in [0.15, 0.2) is 34.9 Å². The maximum absolute atomic E-state index is 11.7. The number of nitrogens with one attached hydrogen (secondary N) is 1. The van der Waals surface area contributed by atoms with Crippen LogP contribution < -0.4 is 5.32 Å². The third kappa shape index (κ3) is 1.93. The molecule has 2 N–H and O–H groups in total. The molecule has 1 aromatic carbocycles. The van der Waals surface area contributed by atoms with E-state index >= 15 is 0 Å². The van der Waals surface area contributed by atoms with Crippen LogP contribution in [0.2, 0.25) is 5.02 Å². The number of carbonyl (C=O) groups excluding carboxylic acids is 1. The zero-order valence-corrected chi connectivity index (χ0v) is 10.9. The van der Waals surface area contributed by atoms with Gasteiger partial charge in [0.1, 0.15) is 11.9 Å². The fourth-order valence-electron chi connectivity index (χ4n) is 2.32. The lowest BCUT2D eigenvalue weighted by Gasteiger charge is -2.14. The fraction of sp³-hybridized carbons (Fsp3) is 0.214. The highest BCUT2D eigenvalue weighted by molar-refractivity contribution is 6.31. The average molecular weight is 278 g/mol. The van der Waals surface area contributed by atoms with E-state index in [9.17, 15) is 9.90 Å². The van der Waals surface area contributed by atoms with Crippen molar-refractivity contribution in [3.63, 3.8) is 0 Å². The molecule has 5 heteroatoms. The van der Waals surface area contributed by atoms with Gasteiger partial charge in [0.05, 0.1) is 17.9 Å². The average Bonchev–Trinajstić information content (AvgIpc) is 3.00. The van der Waals surface area contributed by atoms with E-state index in [1.807, 2.05) is 0 Å². The number of aliphatic hydroxyl groups is 1. The van der Waals surface area contributed by atoms with E-state index in [0.717, 1.165) is 5.56 Å². The maximum Gasteiger partial charge on any atom is 0.231 e. The Bertz CT molecular complexity index is 636. The van der Waals surface area contributed by atoms with E-state index < -0.39 is 6.10 Å². The van der Waals surface area contributed by atoms with Crippen molar-refractivity contribution in [2.45, 2.75) is 18.9 Å². The van der Waals surface area contributed by atoms with Gasteiger partial charge in [-0.2, -0.15) is 0 Å². The Morgan fingerprint density at radius 2 is 2.26 bits per heavy atom. The molecule has 1 aliphatic rings. The maximum atomic E-state index is 11.7. The zero-order chi connectivity index (χ0) is 13.6. The van der Waals surface area contributed by atoms with E-state index in [1.165, 1.54) is 6.26 Å². The van der Waals surface area contributed by atoms with Gasteiger partial charge >= 0.3 is 0 Å². The summed E-state index contributed by atoms with van der Waals surface area (Å²) in [5.74, 6) is 0.0553. The molecule has 0 saturated carbocycles. The molecule has 0 bridgehead atoms. The summed E-state index contributed by atoms with van der Waals surface area (Å²) in [5, 5.41) is 13.6. The molecule has 0 saturated heterocycles.